The molecule has 1 heterocycles. The van der Waals surface area contributed by atoms with Crippen LogP contribution in [0.4, 0.5) is 5.69 Å². The molecule has 0 radical (unpaired) electrons. The minimum atomic E-state index is 0.271. The summed E-state index contributed by atoms with van der Waals surface area (Å²) in [6.07, 6.45) is 0.592. The molecule has 1 fully saturated rings. The Labute approximate surface area is 150 Å². The number of hydrogen-bond acceptors (Lipinski definition) is 3. The first-order valence-corrected chi connectivity index (χ1v) is 9.02. The predicted octanol–water partition coefficient (Wildman–Crippen LogP) is 2.86. The van der Waals surface area contributed by atoms with Crippen molar-refractivity contribution in [3.63, 3.8) is 0 Å². The maximum absolute atomic E-state index is 12.5. The Balaban J connectivity index is 1.40. The largest absolute Gasteiger partial charge is 0.368 e. The van der Waals surface area contributed by atoms with Gasteiger partial charge in [-0.25, -0.2) is 0 Å². The van der Waals surface area contributed by atoms with Crippen molar-refractivity contribution in [1.82, 2.24) is 9.80 Å². The van der Waals surface area contributed by atoms with Crippen LogP contribution in [0.15, 0.2) is 60.7 Å². The van der Waals surface area contributed by atoms with Crippen LogP contribution in [0.1, 0.15) is 12.0 Å². The van der Waals surface area contributed by atoms with Gasteiger partial charge in [0.2, 0.25) is 5.91 Å². The number of piperazine rings is 1. The van der Waals surface area contributed by atoms with Crippen LogP contribution in [0.5, 0.6) is 0 Å². The Kier molecular flexibility index (Phi) is 6.07. The van der Waals surface area contributed by atoms with E-state index in [0.717, 1.165) is 39.3 Å². The van der Waals surface area contributed by atoms with Gasteiger partial charge in [0.25, 0.3) is 0 Å². The third-order valence-corrected chi connectivity index (χ3v) is 4.76. The third-order valence-electron chi connectivity index (χ3n) is 4.76. The Morgan fingerprint density at radius 2 is 1.52 bits per heavy atom. The summed E-state index contributed by atoms with van der Waals surface area (Å²) < 4.78 is 0. The van der Waals surface area contributed by atoms with Crippen LogP contribution in [0.2, 0.25) is 0 Å². The van der Waals surface area contributed by atoms with Crippen LogP contribution in [-0.2, 0) is 11.3 Å². The van der Waals surface area contributed by atoms with E-state index in [1.807, 2.05) is 17.0 Å². The fourth-order valence-corrected chi connectivity index (χ4v) is 3.27. The number of rotatable bonds is 6. The van der Waals surface area contributed by atoms with E-state index in [1.165, 1.54) is 11.3 Å². The third kappa shape index (κ3) is 5.07. The Morgan fingerprint density at radius 1 is 0.920 bits per heavy atom. The van der Waals surface area contributed by atoms with E-state index in [-0.39, 0.29) is 5.91 Å². The normalized spacial score (nSPS) is 14.8. The number of benzene rings is 2. The van der Waals surface area contributed by atoms with E-state index < -0.39 is 0 Å². The summed E-state index contributed by atoms with van der Waals surface area (Å²) in [5, 5.41) is 0. The van der Waals surface area contributed by atoms with E-state index in [0.29, 0.717) is 6.42 Å². The maximum atomic E-state index is 12.5. The lowest BCUT2D eigenvalue weighted by atomic mass is 10.2. The molecule has 4 nitrogen and oxygen atoms in total. The smallest absolute Gasteiger partial charge is 0.223 e. The molecule has 4 heteroatoms. The summed E-state index contributed by atoms with van der Waals surface area (Å²) in [6, 6.07) is 20.8. The van der Waals surface area contributed by atoms with Crippen molar-refractivity contribution in [2.75, 3.05) is 44.7 Å². The average molecular weight is 337 g/mol. The van der Waals surface area contributed by atoms with Gasteiger partial charge >= 0.3 is 0 Å². The van der Waals surface area contributed by atoms with Crippen molar-refractivity contribution < 1.29 is 4.79 Å². The lowest BCUT2D eigenvalue weighted by Crippen LogP contribution is -2.49. The van der Waals surface area contributed by atoms with E-state index in [2.05, 4.69) is 65.4 Å². The molecule has 0 aromatic heterocycles. The molecule has 0 bridgehead atoms. The zero-order chi connectivity index (χ0) is 17.5. The van der Waals surface area contributed by atoms with Gasteiger partial charge in [0, 0.05) is 51.4 Å². The van der Waals surface area contributed by atoms with Crippen LogP contribution in [0.25, 0.3) is 0 Å². The molecule has 0 spiro atoms. The zero-order valence-corrected chi connectivity index (χ0v) is 15.0. The molecule has 0 unspecified atom stereocenters. The van der Waals surface area contributed by atoms with E-state index in [1.54, 1.807) is 0 Å². The molecule has 2 aromatic rings. The molecule has 132 valence electrons. The number of anilines is 1. The van der Waals surface area contributed by atoms with E-state index in [4.69, 9.17) is 0 Å². The van der Waals surface area contributed by atoms with E-state index in [9.17, 15) is 4.79 Å². The van der Waals surface area contributed by atoms with Crippen molar-refractivity contribution in [1.29, 1.82) is 0 Å². The number of nitrogens with zero attached hydrogens (tertiary/aromatic N) is 3. The molecular weight excluding hydrogens is 310 g/mol. The van der Waals surface area contributed by atoms with Crippen LogP contribution in [0, 0.1) is 0 Å². The number of amides is 1. The molecule has 0 aliphatic carbocycles. The van der Waals surface area contributed by atoms with Crippen molar-refractivity contribution in [3.8, 4) is 0 Å². The van der Waals surface area contributed by atoms with Gasteiger partial charge in [-0.3, -0.25) is 4.79 Å². The second kappa shape index (κ2) is 8.67. The van der Waals surface area contributed by atoms with Crippen molar-refractivity contribution in [3.05, 3.63) is 66.2 Å². The number of carbonyl (C=O) groups excluding carboxylic acids is 1. The minimum Gasteiger partial charge on any atom is -0.368 e. The highest BCUT2D eigenvalue weighted by atomic mass is 16.2. The van der Waals surface area contributed by atoms with Gasteiger partial charge in [-0.1, -0.05) is 48.5 Å². The summed E-state index contributed by atoms with van der Waals surface area (Å²) in [4.78, 5) is 19.1. The van der Waals surface area contributed by atoms with Crippen LogP contribution >= 0.6 is 0 Å². The summed E-state index contributed by atoms with van der Waals surface area (Å²) in [5.41, 5.74) is 2.53. The molecule has 0 saturated carbocycles. The second-order valence-electron chi connectivity index (χ2n) is 6.68. The quantitative estimate of drug-likeness (QED) is 0.811. The number of carbonyl (C=O) groups is 1. The highest BCUT2D eigenvalue weighted by molar-refractivity contribution is 5.76. The molecule has 1 amide bonds. The lowest BCUT2D eigenvalue weighted by Gasteiger charge is -2.36. The molecule has 25 heavy (non-hydrogen) atoms. The van der Waals surface area contributed by atoms with Gasteiger partial charge in [0.1, 0.15) is 0 Å². The zero-order valence-electron chi connectivity index (χ0n) is 15.0. The van der Waals surface area contributed by atoms with Gasteiger partial charge in [0.15, 0.2) is 0 Å². The lowest BCUT2D eigenvalue weighted by molar-refractivity contribution is -0.131. The predicted molar refractivity (Wildman–Crippen MR) is 103 cm³/mol. The fourth-order valence-electron chi connectivity index (χ4n) is 3.27. The second-order valence-corrected chi connectivity index (χ2v) is 6.68. The van der Waals surface area contributed by atoms with Crippen LogP contribution in [-0.4, -0.2) is 55.5 Å². The Bertz CT molecular complexity index is 651. The van der Waals surface area contributed by atoms with Crippen molar-refractivity contribution in [2.45, 2.75) is 13.0 Å². The summed E-state index contributed by atoms with van der Waals surface area (Å²) in [5.74, 6) is 0.271. The number of hydrogen-bond donors (Lipinski definition) is 0. The first-order valence-electron chi connectivity index (χ1n) is 9.02. The van der Waals surface area contributed by atoms with E-state index >= 15 is 0 Å². The minimum absolute atomic E-state index is 0.271. The Hall–Kier alpha value is -2.33. The summed E-state index contributed by atoms with van der Waals surface area (Å²) in [6.45, 7) is 5.14. The molecule has 1 saturated heterocycles. The molecule has 0 atom stereocenters. The maximum Gasteiger partial charge on any atom is 0.223 e. The van der Waals surface area contributed by atoms with Crippen molar-refractivity contribution >= 4 is 11.6 Å². The topological polar surface area (TPSA) is 26.8 Å². The molecule has 2 aromatic carbocycles. The average Bonchev–Trinajstić information content (AvgIpc) is 2.68. The van der Waals surface area contributed by atoms with Gasteiger partial charge in [-0.2, -0.15) is 0 Å². The van der Waals surface area contributed by atoms with Crippen molar-refractivity contribution in [2.24, 2.45) is 0 Å². The van der Waals surface area contributed by atoms with Crippen LogP contribution < -0.4 is 4.90 Å². The molecule has 1 aliphatic heterocycles. The highest BCUT2D eigenvalue weighted by Crippen LogP contribution is 2.16. The molecule has 3 rings (SSSR count). The van der Waals surface area contributed by atoms with Gasteiger partial charge < -0.3 is 14.7 Å². The van der Waals surface area contributed by atoms with Gasteiger partial charge in [-0.05, 0) is 24.7 Å². The Morgan fingerprint density at radius 3 is 2.16 bits per heavy atom. The van der Waals surface area contributed by atoms with Gasteiger partial charge in [0.05, 0.1) is 0 Å². The monoisotopic (exact) mass is 337 g/mol. The standard InChI is InChI=1S/C21H27N3O/c1-22(18-19-8-4-2-5-9-19)13-12-21(25)24-16-14-23(15-17-24)20-10-6-3-7-11-20/h2-11H,12-18H2,1H3. The SMILES string of the molecule is CN(CCC(=O)N1CCN(c2ccccc2)CC1)Cc1ccccc1. The molecule has 0 N–H and O–H groups in total. The van der Waals surface area contributed by atoms with Crippen LogP contribution in [0.3, 0.4) is 0 Å². The number of para-hydroxylation sites is 1. The fraction of sp³-hybridized carbons (Fsp3) is 0.381. The highest BCUT2D eigenvalue weighted by Gasteiger charge is 2.21. The first-order chi connectivity index (χ1) is 12.2. The first kappa shape index (κ1) is 17.5. The van der Waals surface area contributed by atoms with Gasteiger partial charge in [-0.15, -0.1) is 0 Å². The molecular formula is C21H27N3O. The summed E-state index contributed by atoms with van der Waals surface area (Å²) in [7, 11) is 2.08. The molecule has 1 aliphatic rings. The summed E-state index contributed by atoms with van der Waals surface area (Å²) >= 11 is 0.